The molecule has 0 aromatic heterocycles. The number of rotatable bonds is 6. The van der Waals surface area contributed by atoms with E-state index in [1.807, 2.05) is 30.3 Å². The van der Waals surface area contributed by atoms with Gasteiger partial charge in [-0.05, 0) is 36.4 Å². The highest BCUT2D eigenvalue weighted by Gasteiger charge is 2.08. The summed E-state index contributed by atoms with van der Waals surface area (Å²) in [6.45, 7) is 2.19. The molecule has 0 unspecified atom stereocenters. The van der Waals surface area contributed by atoms with Gasteiger partial charge in [-0.1, -0.05) is 35.9 Å². The van der Waals surface area contributed by atoms with E-state index in [4.69, 9.17) is 22.1 Å². The molecule has 4 heteroatoms. The fourth-order valence-electron chi connectivity index (χ4n) is 2.38. The standard InChI is InChI=1S/C17H21ClN2O/c1-20(11-14-5-3-4-13(8-14)10-19)12-15-9-16(18)6-7-17(15)21-2/h3-9H,10-12,19H2,1-2H3. The fourth-order valence-corrected chi connectivity index (χ4v) is 2.58. The van der Waals surface area contributed by atoms with Gasteiger partial charge in [-0.15, -0.1) is 0 Å². The molecule has 0 saturated carbocycles. The number of halogens is 1. The van der Waals surface area contributed by atoms with E-state index in [0.29, 0.717) is 6.54 Å². The number of nitrogens with two attached hydrogens (primary N) is 1. The van der Waals surface area contributed by atoms with Gasteiger partial charge in [0.2, 0.25) is 0 Å². The summed E-state index contributed by atoms with van der Waals surface area (Å²) in [5, 5.41) is 0.726. The van der Waals surface area contributed by atoms with Gasteiger partial charge >= 0.3 is 0 Å². The Morgan fingerprint density at radius 3 is 2.57 bits per heavy atom. The maximum Gasteiger partial charge on any atom is 0.123 e. The van der Waals surface area contributed by atoms with Crippen LogP contribution < -0.4 is 10.5 Å². The van der Waals surface area contributed by atoms with Crippen molar-refractivity contribution in [3.8, 4) is 5.75 Å². The summed E-state index contributed by atoms with van der Waals surface area (Å²) < 4.78 is 5.39. The largest absolute Gasteiger partial charge is 0.496 e. The number of methoxy groups -OCH3 is 1. The first kappa shape index (κ1) is 15.8. The molecule has 0 radical (unpaired) electrons. The average Bonchev–Trinajstić information content (AvgIpc) is 2.47. The third kappa shape index (κ3) is 4.46. The first-order valence-electron chi connectivity index (χ1n) is 6.91. The molecule has 0 saturated heterocycles. The van der Waals surface area contributed by atoms with Crippen molar-refractivity contribution in [2.24, 2.45) is 5.73 Å². The van der Waals surface area contributed by atoms with Crippen molar-refractivity contribution in [3.63, 3.8) is 0 Å². The number of hydrogen-bond donors (Lipinski definition) is 1. The summed E-state index contributed by atoms with van der Waals surface area (Å²) >= 11 is 6.07. The quantitative estimate of drug-likeness (QED) is 0.888. The summed E-state index contributed by atoms with van der Waals surface area (Å²) in [5.74, 6) is 0.863. The van der Waals surface area contributed by atoms with Gasteiger partial charge < -0.3 is 10.5 Å². The van der Waals surface area contributed by atoms with E-state index in [2.05, 4.69) is 24.1 Å². The van der Waals surface area contributed by atoms with E-state index in [0.717, 1.165) is 35.0 Å². The zero-order chi connectivity index (χ0) is 15.2. The molecule has 0 aliphatic heterocycles. The predicted octanol–water partition coefficient (Wildman–Crippen LogP) is 3.44. The lowest BCUT2D eigenvalue weighted by molar-refractivity contribution is 0.310. The Kier molecular flexibility index (Phi) is 5.62. The molecule has 21 heavy (non-hydrogen) atoms. The Morgan fingerprint density at radius 2 is 1.86 bits per heavy atom. The van der Waals surface area contributed by atoms with Gasteiger partial charge in [0.05, 0.1) is 7.11 Å². The van der Waals surface area contributed by atoms with E-state index in [1.54, 1.807) is 7.11 Å². The minimum absolute atomic E-state index is 0.569. The van der Waals surface area contributed by atoms with Crippen LogP contribution in [0.15, 0.2) is 42.5 Å². The highest BCUT2D eigenvalue weighted by atomic mass is 35.5. The van der Waals surface area contributed by atoms with Crippen molar-refractivity contribution in [1.82, 2.24) is 4.90 Å². The van der Waals surface area contributed by atoms with Crippen LogP contribution in [0, 0.1) is 0 Å². The van der Waals surface area contributed by atoms with Crippen LogP contribution in [-0.4, -0.2) is 19.1 Å². The number of ether oxygens (including phenoxy) is 1. The maximum absolute atomic E-state index is 6.07. The molecule has 0 bridgehead atoms. The normalized spacial score (nSPS) is 10.9. The van der Waals surface area contributed by atoms with Gasteiger partial charge in [-0.3, -0.25) is 4.90 Å². The van der Waals surface area contributed by atoms with E-state index < -0.39 is 0 Å². The molecule has 112 valence electrons. The Labute approximate surface area is 131 Å². The Bertz CT molecular complexity index is 601. The molecule has 0 amide bonds. The minimum atomic E-state index is 0.569. The van der Waals surface area contributed by atoms with Crippen molar-refractivity contribution in [1.29, 1.82) is 0 Å². The molecule has 0 fully saturated rings. The molecule has 2 rings (SSSR count). The smallest absolute Gasteiger partial charge is 0.123 e. The molecule has 0 aliphatic rings. The van der Waals surface area contributed by atoms with Crippen molar-refractivity contribution in [2.45, 2.75) is 19.6 Å². The van der Waals surface area contributed by atoms with Crippen LogP contribution in [0.5, 0.6) is 5.75 Å². The Balaban J connectivity index is 2.07. The topological polar surface area (TPSA) is 38.5 Å². The summed E-state index contributed by atoms with van der Waals surface area (Å²) in [6, 6.07) is 14.0. The van der Waals surface area contributed by atoms with E-state index >= 15 is 0 Å². The highest BCUT2D eigenvalue weighted by Crippen LogP contribution is 2.24. The summed E-state index contributed by atoms with van der Waals surface area (Å²) in [5.41, 5.74) is 9.17. The first-order chi connectivity index (χ1) is 10.1. The second-order valence-electron chi connectivity index (χ2n) is 5.15. The zero-order valence-electron chi connectivity index (χ0n) is 12.5. The second-order valence-corrected chi connectivity index (χ2v) is 5.59. The van der Waals surface area contributed by atoms with Gasteiger partial charge in [-0.25, -0.2) is 0 Å². The lowest BCUT2D eigenvalue weighted by atomic mass is 10.1. The lowest BCUT2D eigenvalue weighted by Gasteiger charge is -2.19. The molecular weight excluding hydrogens is 284 g/mol. The molecule has 0 atom stereocenters. The van der Waals surface area contributed by atoms with Crippen LogP contribution in [-0.2, 0) is 19.6 Å². The van der Waals surface area contributed by atoms with Crippen LogP contribution in [0.3, 0.4) is 0 Å². The van der Waals surface area contributed by atoms with Crippen LogP contribution in [0.25, 0.3) is 0 Å². The molecule has 0 spiro atoms. The maximum atomic E-state index is 6.07. The van der Waals surface area contributed by atoms with Crippen molar-refractivity contribution in [2.75, 3.05) is 14.2 Å². The third-order valence-electron chi connectivity index (χ3n) is 3.36. The molecule has 3 nitrogen and oxygen atoms in total. The molecule has 0 heterocycles. The minimum Gasteiger partial charge on any atom is -0.496 e. The van der Waals surface area contributed by atoms with Gasteiger partial charge in [-0.2, -0.15) is 0 Å². The van der Waals surface area contributed by atoms with E-state index in [9.17, 15) is 0 Å². The Hall–Kier alpha value is -1.55. The number of hydrogen-bond acceptors (Lipinski definition) is 3. The van der Waals surface area contributed by atoms with Gasteiger partial charge in [0.25, 0.3) is 0 Å². The van der Waals surface area contributed by atoms with E-state index in [1.165, 1.54) is 5.56 Å². The van der Waals surface area contributed by atoms with Crippen LogP contribution in [0.1, 0.15) is 16.7 Å². The second kappa shape index (κ2) is 7.46. The van der Waals surface area contributed by atoms with Crippen LogP contribution in [0.4, 0.5) is 0 Å². The fraction of sp³-hybridized carbons (Fsp3) is 0.294. The Morgan fingerprint density at radius 1 is 1.10 bits per heavy atom. The van der Waals surface area contributed by atoms with Crippen molar-refractivity contribution in [3.05, 3.63) is 64.2 Å². The number of nitrogens with zero attached hydrogens (tertiary/aromatic N) is 1. The molecule has 2 aromatic carbocycles. The van der Waals surface area contributed by atoms with Crippen molar-refractivity contribution < 1.29 is 4.74 Å². The first-order valence-corrected chi connectivity index (χ1v) is 7.29. The summed E-state index contributed by atoms with van der Waals surface area (Å²) in [7, 11) is 3.76. The van der Waals surface area contributed by atoms with Crippen molar-refractivity contribution >= 4 is 11.6 Å². The molecule has 0 aliphatic carbocycles. The van der Waals surface area contributed by atoms with Gasteiger partial charge in [0, 0.05) is 30.2 Å². The highest BCUT2D eigenvalue weighted by molar-refractivity contribution is 6.30. The SMILES string of the molecule is COc1ccc(Cl)cc1CN(C)Cc1cccc(CN)c1. The third-order valence-corrected chi connectivity index (χ3v) is 3.60. The van der Waals surface area contributed by atoms with Gasteiger partial charge in [0.15, 0.2) is 0 Å². The molecule has 2 N–H and O–H groups in total. The van der Waals surface area contributed by atoms with E-state index in [-0.39, 0.29) is 0 Å². The molecule has 2 aromatic rings. The van der Waals surface area contributed by atoms with Crippen LogP contribution in [0.2, 0.25) is 5.02 Å². The van der Waals surface area contributed by atoms with Gasteiger partial charge in [0.1, 0.15) is 5.75 Å². The average molecular weight is 305 g/mol. The lowest BCUT2D eigenvalue weighted by Crippen LogP contribution is -2.18. The monoisotopic (exact) mass is 304 g/mol. The van der Waals surface area contributed by atoms with Crippen LogP contribution >= 0.6 is 11.6 Å². The predicted molar refractivity (Wildman–Crippen MR) is 87.5 cm³/mol. The summed E-state index contributed by atoms with van der Waals surface area (Å²) in [4.78, 5) is 2.23. The number of benzene rings is 2. The molecular formula is C17H21ClN2O. The zero-order valence-corrected chi connectivity index (χ0v) is 13.2. The summed E-state index contributed by atoms with van der Waals surface area (Å²) in [6.07, 6.45) is 0.